The van der Waals surface area contributed by atoms with Crippen molar-refractivity contribution in [1.29, 1.82) is 0 Å². The van der Waals surface area contributed by atoms with E-state index >= 15 is 0 Å². The Balaban J connectivity index is 2.80. The van der Waals surface area contributed by atoms with Crippen molar-refractivity contribution in [2.45, 2.75) is 13.1 Å². The van der Waals surface area contributed by atoms with Gasteiger partial charge in [0.1, 0.15) is 0 Å². The molecule has 1 rings (SSSR count). The summed E-state index contributed by atoms with van der Waals surface area (Å²) < 4.78 is 0. The van der Waals surface area contributed by atoms with Crippen LogP contribution in [-0.2, 0) is 13.1 Å². The van der Waals surface area contributed by atoms with Crippen LogP contribution in [0.4, 0.5) is 5.95 Å². The Hall–Kier alpha value is -1.07. The van der Waals surface area contributed by atoms with Crippen LogP contribution >= 0.6 is 0 Å². The normalized spacial score (nSPS) is 11.6. The summed E-state index contributed by atoms with van der Waals surface area (Å²) >= 11 is 0. The summed E-state index contributed by atoms with van der Waals surface area (Å²) in [7, 11) is 8.08. The SMILES string of the molecule is CN(C)Cc1nc(N)[nH]c1CN(C)C. The smallest absolute Gasteiger partial charge is 0.197 e. The molecular weight excluding hydrogens is 178 g/mol. The van der Waals surface area contributed by atoms with Crippen molar-refractivity contribution in [1.82, 2.24) is 19.8 Å². The van der Waals surface area contributed by atoms with Crippen molar-refractivity contribution in [2.75, 3.05) is 33.9 Å². The molecule has 0 aromatic carbocycles. The highest BCUT2D eigenvalue weighted by atomic mass is 15.1. The van der Waals surface area contributed by atoms with Gasteiger partial charge < -0.3 is 20.5 Å². The number of H-pyrrole nitrogens is 1. The number of anilines is 1. The topological polar surface area (TPSA) is 61.2 Å². The molecule has 1 heterocycles. The zero-order chi connectivity index (χ0) is 10.7. The quantitative estimate of drug-likeness (QED) is 0.719. The predicted octanol–water partition coefficient (Wildman–Crippen LogP) is 0.115. The van der Waals surface area contributed by atoms with Gasteiger partial charge in [0.15, 0.2) is 5.95 Å². The number of nitrogen functional groups attached to an aromatic ring is 1. The Bertz CT molecular complexity index is 262. The van der Waals surface area contributed by atoms with Gasteiger partial charge in [-0.05, 0) is 28.2 Å². The number of aromatic nitrogens is 2. The van der Waals surface area contributed by atoms with Gasteiger partial charge >= 0.3 is 0 Å². The van der Waals surface area contributed by atoms with Gasteiger partial charge in [-0.25, -0.2) is 4.98 Å². The highest BCUT2D eigenvalue weighted by molar-refractivity contribution is 5.26. The summed E-state index contributed by atoms with van der Waals surface area (Å²) in [6.07, 6.45) is 0. The molecule has 0 saturated heterocycles. The molecule has 0 atom stereocenters. The molecular formula is C9H19N5. The monoisotopic (exact) mass is 197 g/mol. The second kappa shape index (κ2) is 4.43. The Labute approximate surface area is 84.9 Å². The summed E-state index contributed by atoms with van der Waals surface area (Å²) in [6, 6.07) is 0. The molecule has 0 aliphatic carbocycles. The number of rotatable bonds is 4. The lowest BCUT2D eigenvalue weighted by Gasteiger charge is -2.11. The molecule has 5 nitrogen and oxygen atoms in total. The number of aromatic amines is 1. The van der Waals surface area contributed by atoms with E-state index in [1.54, 1.807) is 0 Å². The van der Waals surface area contributed by atoms with E-state index in [0.29, 0.717) is 5.95 Å². The third kappa shape index (κ3) is 3.01. The second-order valence-corrected chi connectivity index (χ2v) is 4.02. The van der Waals surface area contributed by atoms with Gasteiger partial charge in [-0.2, -0.15) is 0 Å². The van der Waals surface area contributed by atoms with Gasteiger partial charge in [-0.3, -0.25) is 0 Å². The van der Waals surface area contributed by atoms with E-state index in [2.05, 4.69) is 19.8 Å². The van der Waals surface area contributed by atoms with Gasteiger partial charge in [-0.1, -0.05) is 0 Å². The summed E-state index contributed by atoms with van der Waals surface area (Å²) in [5.41, 5.74) is 7.75. The molecule has 1 aromatic rings. The fourth-order valence-corrected chi connectivity index (χ4v) is 1.34. The van der Waals surface area contributed by atoms with Crippen LogP contribution < -0.4 is 5.73 Å². The highest BCUT2D eigenvalue weighted by Crippen LogP contribution is 2.10. The van der Waals surface area contributed by atoms with Crippen LogP contribution in [0.1, 0.15) is 11.4 Å². The predicted molar refractivity (Wildman–Crippen MR) is 57.8 cm³/mol. The third-order valence-corrected chi connectivity index (χ3v) is 1.82. The lowest BCUT2D eigenvalue weighted by atomic mass is 10.3. The molecule has 5 heteroatoms. The maximum Gasteiger partial charge on any atom is 0.197 e. The van der Waals surface area contributed by atoms with E-state index in [0.717, 1.165) is 24.5 Å². The van der Waals surface area contributed by atoms with Crippen LogP contribution in [-0.4, -0.2) is 48.0 Å². The first-order valence-corrected chi connectivity index (χ1v) is 4.61. The van der Waals surface area contributed by atoms with Gasteiger partial charge in [-0.15, -0.1) is 0 Å². The van der Waals surface area contributed by atoms with E-state index in [1.165, 1.54) is 0 Å². The summed E-state index contributed by atoms with van der Waals surface area (Å²) in [5.74, 6) is 0.499. The summed E-state index contributed by atoms with van der Waals surface area (Å²) in [4.78, 5) is 11.5. The van der Waals surface area contributed by atoms with E-state index in [-0.39, 0.29) is 0 Å². The van der Waals surface area contributed by atoms with Crippen LogP contribution in [0.2, 0.25) is 0 Å². The van der Waals surface area contributed by atoms with Crippen LogP contribution in [0, 0.1) is 0 Å². The van der Waals surface area contributed by atoms with Gasteiger partial charge in [0.2, 0.25) is 0 Å². The number of nitrogens with two attached hydrogens (primary N) is 1. The minimum absolute atomic E-state index is 0.499. The summed E-state index contributed by atoms with van der Waals surface area (Å²) in [5, 5.41) is 0. The highest BCUT2D eigenvalue weighted by Gasteiger charge is 2.09. The molecule has 0 unspecified atom stereocenters. The van der Waals surface area contributed by atoms with Crippen molar-refractivity contribution in [3.8, 4) is 0 Å². The number of nitrogens with one attached hydrogen (secondary N) is 1. The van der Waals surface area contributed by atoms with Crippen molar-refractivity contribution < 1.29 is 0 Å². The lowest BCUT2D eigenvalue weighted by Crippen LogP contribution is -2.16. The summed E-state index contributed by atoms with van der Waals surface area (Å²) in [6.45, 7) is 1.66. The average molecular weight is 197 g/mol. The Morgan fingerprint density at radius 3 is 2.21 bits per heavy atom. The first kappa shape index (κ1) is 11.0. The molecule has 0 amide bonds. The van der Waals surface area contributed by atoms with Crippen molar-refractivity contribution in [3.63, 3.8) is 0 Å². The molecule has 3 N–H and O–H groups in total. The average Bonchev–Trinajstić information content (AvgIpc) is 2.28. The Kier molecular flexibility index (Phi) is 3.49. The molecule has 0 fully saturated rings. The molecule has 0 spiro atoms. The van der Waals surface area contributed by atoms with Crippen LogP contribution in [0.3, 0.4) is 0 Å². The van der Waals surface area contributed by atoms with Crippen molar-refractivity contribution >= 4 is 5.95 Å². The molecule has 0 bridgehead atoms. The van der Waals surface area contributed by atoms with Gasteiger partial charge in [0, 0.05) is 13.1 Å². The lowest BCUT2D eigenvalue weighted by molar-refractivity contribution is 0.375. The van der Waals surface area contributed by atoms with Crippen molar-refractivity contribution in [2.24, 2.45) is 0 Å². The minimum atomic E-state index is 0.499. The second-order valence-electron chi connectivity index (χ2n) is 4.02. The largest absolute Gasteiger partial charge is 0.369 e. The molecule has 0 saturated carbocycles. The van der Waals surface area contributed by atoms with Crippen molar-refractivity contribution in [3.05, 3.63) is 11.4 Å². The number of imidazole rings is 1. The Morgan fingerprint density at radius 1 is 1.14 bits per heavy atom. The molecule has 80 valence electrons. The first-order valence-electron chi connectivity index (χ1n) is 4.61. The maximum absolute atomic E-state index is 5.63. The number of hydrogen-bond donors (Lipinski definition) is 2. The van der Waals surface area contributed by atoms with Gasteiger partial charge in [0.25, 0.3) is 0 Å². The fourth-order valence-electron chi connectivity index (χ4n) is 1.34. The fraction of sp³-hybridized carbons (Fsp3) is 0.667. The van der Waals surface area contributed by atoms with Crippen LogP contribution in [0.15, 0.2) is 0 Å². The van der Waals surface area contributed by atoms with E-state index in [1.807, 2.05) is 28.2 Å². The maximum atomic E-state index is 5.63. The molecule has 0 aliphatic rings. The zero-order valence-corrected chi connectivity index (χ0v) is 9.33. The van der Waals surface area contributed by atoms with Gasteiger partial charge in [0.05, 0.1) is 11.4 Å². The zero-order valence-electron chi connectivity index (χ0n) is 9.33. The number of nitrogens with zero attached hydrogens (tertiary/aromatic N) is 3. The van der Waals surface area contributed by atoms with E-state index in [4.69, 9.17) is 5.73 Å². The minimum Gasteiger partial charge on any atom is -0.369 e. The number of hydrogen-bond acceptors (Lipinski definition) is 4. The molecule has 0 aliphatic heterocycles. The Morgan fingerprint density at radius 2 is 1.71 bits per heavy atom. The van der Waals surface area contributed by atoms with E-state index < -0.39 is 0 Å². The third-order valence-electron chi connectivity index (χ3n) is 1.82. The molecule has 1 aromatic heterocycles. The standard InChI is InChI=1S/C9H19N5/c1-13(2)5-7-8(6-14(3)4)12-9(10)11-7/h5-6H2,1-4H3,(H3,10,11,12). The molecule has 0 radical (unpaired) electrons. The van der Waals surface area contributed by atoms with E-state index in [9.17, 15) is 0 Å². The molecule has 14 heavy (non-hydrogen) atoms. The van der Waals surface area contributed by atoms with Crippen LogP contribution in [0.5, 0.6) is 0 Å². The first-order chi connectivity index (χ1) is 6.49. The van der Waals surface area contributed by atoms with Crippen LogP contribution in [0.25, 0.3) is 0 Å².